The van der Waals surface area contributed by atoms with Crippen molar-refractivity contribution in [2.24, 2.45) is 5.92 Å². The Balaban J connectivity index is 1.65. The number of fused-ring (bicyclic) bond motifs is 1. The summed E-state index contributed by atoms with van der Waals surface area (Å²) in [4.78, 5) is 12.3. The SMILES string of the molecule is O=C(OCc1ccccc1)[C@]12CCCC1CCN2. The smallest absolute Gasteiger partial charge is 0.326 e. The summed E-state index contributed by atoms with van der Waals surface area (Å²) in [5, 5.41) is 3.39. The van der Waals surface area contributed by atoms with Gasteiger partial charge in [-0.15, -0.1) is 0 Å². The van der Waals surface area contributed by atoms with E-state index >= 15 is 0 Å². The Morgan fingerprint density at radius 2 is 2.17 bits per heavy atom. The van der Waals surface area contributed by atoms with E-state index in [2.05, 4.69) is 5.32 Å². The first-order chi connectivity index (χ1) is 8.81. The number of carbonyl (C=O) groups excluding carboxylic acids is 1. The van der Waals surface area contributed by atoms with E-state index in [1.54, 1.807) is 0 Å². The molecule has 1 aliphatic heterocycles. The van der Waals surface area contributed by atoms with E-state index < -0.39 is 0 Å². The third kappa shape index (κ3) is 1.93. The first-order valence-electron chi connectivity index (χ1n) is 6.77. The monoisotopic (exact) mass is 245 g/mol. The van der Waals surface area contributed by atoms with E-state index in [1.807, 2.05) is 30.3 Å². The molecule has 1 unspecified atom stereocenters. The molecule has 0 spiro atoms. The summed E-state index contributed by atoms with van der Waals surface area (Å²) >= 11 is 0. The average Bonchev–Trinajstić information content (AvgIpc) is 2.97. The minimum absolute atomic E-state index is 0.0497. The van der Waals surface area contributed by atoms with Crippen molar-refractivity contribution in [1.29, 1.82) is 0 Å². The number of carbonyl (C=O) groups is 1. The van der Waals surface area contributed by atoms with Gasteiger partial charge in [0.2, 0.25) is 0 Å². The fourth-order valence-electron chi connectivity index (χ4n) is 3.36. The molecule has 0 aromatic heterocycles. The molecule has 3 nitrogen and oxygen atoms in total. The highest BCUT2D eigenvalue weighted by atomic mass is 16.5. The molecule has 1 aromatic carbocycles. The molecule has 2 atom stereocenters. The minimum atomic E-state index is -0.366. The maximum absolute atomic E-state index is 12.3. The lowest BCUT2D eigenvalue weighted by Crippen LogP contribution is -2.50. The van der Waals surface area contributed by atoms with Crippen molar-refractivity contribution in [3.8, 4) is 0 Å². The number of hydrogen-bond acceptors (Lipinski definition) is 3. The van der Waals surface area contributed by atoms with Crippen LogP contribution in [0.15, 0.2) is 30.3 Å². The van der Waals surface area contributed by atoms with Crippen LogP contribution in [-0.4, -0.2) is 18.1 Å². The number of hydrogen-bond donors (Lipinski definition) is 1. The summed E-state index contributed by atoms with van der Waals surface area (Å²) < 4.78 is 5.52. The molecule has 3 heteroatoms. The summed E-state index contributed by atoms with van der Waals surface area (Å²) in [5.74, 6) is 0.437. The van der Waals surface area contributed by atoms with Crippen LogP contribution >= 0.6 is 0 Å². The largest absolute Gasteiger partial charge is 0.459 e. The molecule has 1 aliphatic carbocycles. The van der Waals surface area contributed by atoms with Gasteiger partial charge < -0.3 is 10.1 Å². The number of benzene rings is 1. The number of nitrogens with one attached hydrogen (secondary N) is 1. The number of ether oxygens (including phenoxy) is 1. The van der Waals surface area contributed by atoms with Gasteiger partial charge in [-0.3, -0.25) is 4.79 Å². The van der Waals surface area contributed by atoms with E-state index in [0.29, 0.717) is 12.5 Å². The molecule has 0 radical (unpaired) electrons. The molecule has 1 saturated heterocycles. The predicted octanol–water partition coefficient (Wildman–Crippen LogP) is 2.26. The minimum Gasteiger partial charge on any atom is -0.459 e. The van der Waals surface area contributed by atoms with Crippen LogP contribution < -0.4 is 5.32 Å². The fourth-order valence-corrected chi connectivity index (χ4v) is 3.36. The Morgan fingerprint density at radius 1 is 1.33 bits per heavy atom. The zero-order chi connectivity index (χ0) is 12.4. The van der Waals surface area contributed by atoms with Crippen molar-refractivity contribution in [2.45, 2.75) is 37.8 Å². The van der Waals surface area contributed by atoms with Gasteiger partial charge in [-0.05, 0) is 37.3 Å². The van der Waals surface area contributed by atoms with Crippen molar-refractivity contribution in [3.05, 3.63) is 35.9 Å². The third-order valence-electron chi connectivity index (χ3n) is 4.33. The maximum Gasteiger partial charge on any atom is 0.326 e. The molecule has 18 heavy (non-hydrogen) atoms. The van der Waals surface area contributed by atoms with E-state index in [9.17, 15) is 4.79 Å². The highest BCUT2D eigenvalue weighted by Crippen LogP contribution is 2.42. The second-order valence-electron chi connectivity index (χ2n) is 5.34. The normalized spacial score (nSPS) is 30.1. The summed E-state index contributed by atoms with van der Waals surface area (Å²) in [6.07, 6.45) is 4.34. The molecule has 2 fully saturated rings. The lowest BCUT2D eigenvalue weighted by Gasteiger charge is -2.27. The highest BCUT2D eigenvalue weighted by Gasteiger charge is 2.52. The van der Waals surface area contributed by atoms with Crippen molar-refractivity contribution < 1.29 is 9.53 Å². The van der Waals surface area contributed by atoms with Gasteiger partial charge in [0.15, 0.2) is 0 Å². The van der Waals surface area contributed by atoms with Crippen LogP contribution in [-0.2, 0) is 16.1 Å². The quantitative estimate of drug-likeness (QED) is 0.830. The first kappa shape index (κ1) is 11.7. The van der Waals surface area contributed by atoms with E-state index in [-0.39, 0.29) is 11.5 Å². The van der Waals surface area contributed by atoms with Crippen LogP contribution in [0.3, 0.4) is 0 Å². The Hall–Kier alpha value is -1.35. The van der Waals surface area contributed by atoms with Crippen molar-refractivity contribution in [3.63, 3.8) is 0 Å². The van der Waals surface area contributed by atoms with Crippen LogP contribution in [0.25, 0.3) is 0 Å². The van der Waals surface area contributed by atoms with Crippen molar-refractivity contribution >= 4 is 5.97 Å². The topological polar surface area (TPSA) is 38.3 Å². The summed E-state index contributed by atoms with van der Waals surface area (Å²) in [7, 11) is 0. The molecule has 1 saturated carbocycles. The van der Waals surface area contributed by atoms with Gasteiger partial charge >= 0.3 is 5.97 Å². The van der Waals surface area contributed by atoms with Crippen molar-refractivity contribution in [2.75, 3.05) is 6.54 Å². The average molecular weight is 245 g/mol. The van der Waals surface area contributed by atoms with Gasteiger partial charge in [0.1, 0.15) is 12.1 Å². The number of rotatable bonds is 3. The lowest BCUT2D eigenvalue weighted by atomic mass is 9.89. The van der Waals surface area contributed by atoms with E-state index in [4.69, 9.17) is 4.74 Å². The molecule has 1 aromatic rings. The van der Waals surface area contributed by atoms with Crippen LogP contribution in [0.1, 0.15) is 31.2 Å². The lowest BCUT2D eigenvalue weighted by molar-refractivity contribution is -0.153. The molecule has 2 aliphatic rings. The van der Waals surface area contributed by atoms with Crippen LogP contribution in [0.5, 0.6) is 0 Å². The molecular weight excluding hydrogens is 226 g/mol. The molecule has 1 heterocycles. The van der Waals surface area contributed by atoms with Gasteiger partial charge in [0.25, 0.3) is 0 Å². The number of esters is 1. The Morgan fingerprint density at radius 3 is 3.00 bits per heavy atom. The summed E-state index contributed by atoms with van der Waals surface area (Å²) in [6.45, 7) is 1.33. The zero-order valence-electron chi connectivity index (χ0n) is 10.5. The second kappa shape index (κ2) is 4.73. The zero-order valence-corrected chi connectivity index (χ0v) is 10.5. The van der Waals surface area contributed by atoms with E-state index in [1.165, 1.54) is 0 Å². The predicted molar refractivity (Wildman–Crippen MR) is 68.9 cm³/mol. The van der Waals surface area contributed by atoms with Crippen LogP contribution in [0.4, 0.5) is 0 Å². The van der Waals surface area contributed by atoms with Gasteiger partial charge in [-0.2, -0.15) is 0 Å². The van der Waals surface area contributed by atoms with Crippen LogP contribution in [0, 0.1) is 5.92 Å². The maximum atomic E-state index is 12.3. The Labute approximate surface area is 108 Å². The first-order valence-corrected chi connectivity index (χ1v) is 6.77. The van der Waals surface area contributed by atoms with Gasteiger partial charge in [-0.1, -0.05) is 36.8 Å². The fraction of sp³-hybridized carbons (Fsp3) is 0.533. The second-order valence-corrected chi connectivity index (χ2v) is 5.34. The highest BCUT2D eigenvalue weighted by molar-refractivity contribution is 5.82. The standard InChI is InChI=1S/C15H19NO2/c17-14(18-11-12-5-2-1-3-6-12)15-9-4-7-13(15)8-10-16-15/h1-3,5-6,13,16H,4,7-11H2/t13?,15-/m0/s1. The molecule has 96 valence electrons. The molecule has 0 amide bonds. The Kier molecular flexibility index (Phi) is 3.08. The van der Waals surface area contributed by atoms with Gasteiger partial charge in [0.05, 0.1) is 0 Å². The van der Waals surface area contributed by atoms with Crippen LogP contribution in [0.2, 0.25) is 0 Å². The molecule has 3 rings (SSSR count). The van der Waals surface area contributed by atoms with Crippen molar-refractivity contribution in [1.82, 2.24) is 5.32 Å². The third-order valence-corrected chi connectivity index (χ3v) is 4.33. The molecule has 0 bridgehead atoms. The van der Waals surface area contributed by atoms with E-state index in [0.717, 1.165) is 37.8 Å². The van der Waals surface area contributed by atoms with Gasteiger partial charge in [0, 0.05) is 0 Å². The van der Waals surface area contributed by atoms with Gasteiger partial charge in [-0.25, -0.2) is 0 Å². The Bertz CT molecular complexity index is 419. The summed E-state index contributed by atoms with van der Waals surface area (Å²) in [6, 6.07) is 9.87. The molecule has 1 N–H and O–H groups in total. The summed E-state index contributed by atoms with van der Waals surface area (Å²) in [5.41, 5.74) is 0.684. The molecular formula is C15H19NO2.